The lowest BCUT2D eigenvalue weighted by molar-refractivity contribution is 0.107. The van der Waals surface area contributed by atoms with E-state index in [0.29, 0.717) is 11.4 Å². The molecule has 0 unspecified atom stereocenters. The number of aromatic nitrogens is 2. The molecule has 0 aliphatic rings. The fourth-order valence-corrected chi connectivity index (χ4v) is 1.73. The normalized spacial score (nSPS) is 11.6. The Morgan fingerprint density at radius 1 is 1.64 bits per heavy atom. The molecule has 0 aromatic carbocycles. The molecule has 0 atom stereocenters. The first-order valence-corrected chi connectivity index (χ1v) is 4.69. The Balaban J connectivity index is 3.19. The zero-order valence-electron chi connectivity index (χ0n) is 8.53. The van der Waals surface area contributed by atoms with Crippen molar-refractivity contribution in [2.45, 2.75) is 19.4 Å². The Morgan fingerprint density at radius 3 is 2.79 bits per heavy atom. The van der Waals surface area contributed by atoms with Gasteiger partial charge in [-0.2, -0.15) is 0 Å². The van der Waals surface area contributed by atoms with Crippen LogP contribution in [0.4, 0.5) is 0 Å². The molecule has 0 aliphatic heterocycles. The summed E-state index contributed by atoms with van der Waals surface area (Å²) >= 11 is 5.05. The topological polar surface area (TPSA) is 47.0 Å². The van der Waals surface area contributed by atoms with Crippen molar-refractivity contribution in [1.82, 2.24) is 9.55 Å². The molecule has 5 heteroatoms. The third kappa shape index (κ3) is 2.30. The molecular formula is C9H14N2O2S. The van der Waals surface area contributed by atoms with E-state index in [1.807, 2.05) is 18.4 Å². The molecule has 0 spiro atoms. The minimum Gasteiger partial charge on any atom is -0.382 e. The summed E-state index contributed by atoms with van der Waals surface area (Å²) in [6.07, 6.45) is 1.68. The third-order valence-electron chi connectivity index (χ3n) is 1.97. The van der Waals surface area contributed by atoms with Gasteiger partial charge in [0.15, 0.2) is 4.77 Å². The largest absolute Gasteiger partial charge is 0.382 e. The van der Waals surface area contributed by atoms with Gasteiger partial charge in [-0.3, -0.25) is 9.78 Å². The van der Waals surface area contributed by atoms with Crippen LogP contribution in [0.15, 0.2) is 17.1 Å². The van der Waals surface area contributed by atoms with Crippen LogP contribution < -0.4 is 5.56 Å². The molecule has 0 fully saturated rings. The Hall–Kier alpha value is -0.940. The molecule has 0 amide bonds. The molecule has 1 aromatic heterocycles. The van der Waals surface area contributed by atoms with Gasteiger partial charge >= 0.3 is 0 Å². The highest BCUT2D eigenvalue weighted by Gasteiger charge is 2.19. The number of hydrogen-bond acceptors (Lipinski definition) is 3. The summed E-state index contributed by atoms with van der Waals surface area (Å²) in [5, 5.41) is 0. The van der Waals surface area contributed by atoms with E-state index in [-0.39, 0.29) is 11.1 Å². The molecule has 1 N–H and O–H groups in total. The minimum absolute atomic E-state index is 0.181. The van der Waals surface area contributed by atoms with Crippen molar-refractivity contribution in [1.29, 1.82) is 0 Å². The summed E-state index contributed by atoms with van der Waals surface area (Å²) in [6.45, 7) is 4.52. The van der Waals surface area contributed by atoms with Gasteiger partial charge in [0, 0.05) is 19.4 Å². The van der Waals surface area contributed by atoms with Crippen molar-refractivity contribution in [2.75, 3.05) is 13.7 Å². The Morgan fingerprint density at radius 2 is 2.29 bits per heavy atom. The predicted molar refractivity (Wildman–Crippen MR) is 57.1 cm³/mol. The maximum atomic E-state index is 11.0. The zero-order valence-corrected chi connectivity index (χ0v) is 9.35. The van der Waals surface area contributed by atoms with Crippen LogP contribution >= 0.6 is 12.2 Å². The van der Waals surface area contributed by atoms with Crippen LogP contribution in [0.25, 0.3) is 0 Å². The summed E-state index contributed by atoms with van der Waals surface area (Å²) in [5.41, 5.74) is -0.435. The van der Waals surface area contributed by atoms with E-state index in [1.54, 1.807) is 13.3 Å². The van der Waals surface area contributed by atoms with Crippen LogP contribution in [-0.2, 0) is 10.3 Å². The van der Waals surface area contributed by atoms with Crippen LogP contribution in [0, 0.1) is 4.77 Å². The van der Waals surface area contributed by atoms with Crippen LogP contribution in [0.2, 0.25) is 0 Å². The van der Waals surface area contributed by atoms with Crippen LogP contribution in [0.1, 0.15) is 13.8 Å². The molecule has 0 aliphatic carbocycles. The maximum Gasteiger partial charge on any atom is 0.251 e. The number of ether oxygens (including phenoxy) is 1. The number of rotatable bonds is 3. The summed E-state index contributed by atoms with van der Waals surface area (Å²) in [7, 11) is 1.64. The van der Waals surface area contributed by atoms with Crippen molar-refractivity contribution in [2.24, 2.45) is 0 Å². The molecule has 1 heterocycles. The molecule has 0 saturated heterocycles. The Labute approximate surface area is 87.5 Å². The monoisotopic (exact) mass is 214 g/mol. The van der Waals surface area contributed by atoms with Gasteiger partial charge in [-0.1, -0.05) is 0 Å². The lowest BCUT2D eigenvalue weighted by Gasteiger charge is -2.26. The smallest absolute Gasteiger partial charge is 0.251 e. The summed E-state index contributed by atoms with van der Waals surface area (Å²) in [4.78, 5) is 13.5. The minimum atomic E-state index is -0.254. The maximum absolute atomic E-state index is 11.0. The van der Waals surface area contributed by atoms with Gasteiger partial charge in [-0.05, 0) is 26.1 Å². The number of hydrogen-bond donors (Lipinski definition) is 1. The van der Waals surface area contributed by atoms with Crippen molar-refractivity contribution < 1.29 is 4.74 Å². The van der Waals surface area contributed by atoms with Gasteiger partial charge in [-0.25, -0.2) is 0 Å². The van der Waals surface area contributed by atoms with E-state index in [4.69, 9.17) is 17.0 Å². The number of methoxy groups -OCH3 is 1. The summed E-state index contributed by atoms with van der Waals surface area (Å²) in [6, 6.07) is 1.45. The summed E-state index contributed by atoms with van der Waals surface area (Å²) < 4.78 is 7.32. The highest BCUT2D eigenvalue weighted by molar-refractivity contribution is 7.71. The molecule has 0 saturated carbocycles. The summed E-state index contributed by atoms with van der Waals surface area (Å²) in [5.74, 6) is 0. The van der Waals surface area contributed by atoms with Gasteiger partial charge in [0.05, 0.1) is 12.1 Å². The van der Waals surface area contributed by atoms with Crippen molar-refractivity contribution in [3.63, 3.8) is 0 Å². The van der Waals surface area contributed by atoms with Gasteiger partial charge < -0.3 is 9.30 Å². The van der Waals surface area contributed by atoms with Crippen LogP contribution in [-0.4, -0.2) is 23.3 Å². The Kier molecular flexibility index (Phi) is 3.23. The zero-order chi connectivity index (χ0) is 10.8. The average Bonchev–Trinajstić information content (AvgIpc) is 2.02. The highest BCUT2D eigenvalue weighted by atomic mass is 32.1. The van der Waals surface area contributed by atoms with Crippen molar-refractivity contribution >= 4 is 12.2 Å². The van der Waals surface area contributed by atoms with Gasteiger partial charge in [0.2, 0.25) is 0 Å². The van der Waals surface area contributed by atoms with Crippen molar-refractivity contribution in [3.8, 4) is 0 Å². The lowest BCUT2D eigenvalue weighted by Crippen LogP contribution is -2.33. The second kappa shape index (κ2) is 4.06. The predicted octanol–water partition coefficient (Wildman–Crippen LogP) is 1.29. The molecule has 0 radical (unpaired) electrons. The van der Waals surface area contributed by atoms with E-state index in [9.17, 15) is 4.79 Å². The van der Waals surface area contributed by atoms with Crippen LogP contribution in [0.5, 0.6) is 0 Å². The van der Waals surface area contributed by atoms with E-state index < -0.39 is 0 Å². The van der Waals surface area contributed by atoms with Gasteiger partial charge in [-0.15, -0.1) is 0 Å². The number of aromatic amines is 1. The molecule has 4 nitrogen and oxygen atoms in total. The average molecular weight is 214 g/mol. The number of nitrogens with zero attached hydrogens (tertiary/aromatic N) is 1. The van der Waals surface area contributed by atoms with E-state index in [1.165, 1.54) is 6.07 Å². The first-order valence-electron chi connectivity index (χ1n) is 4.29. The van der Waals surface area contributed by atoms with E-state index in [2.05, 4.69) is 4.98 Å². The first-order chi connectivity index (χ1) is 6.47. The Bertz CT molecular complexity index is 419. The van der Waals surface area contributed by atoms with Gasteiger partial charge in [0.1, 0.15) is 0 Å². The second-order valence-electron chi connectivity index (χ2n) is 3.73. The SMILES string of the molecule is COCC(C)(C)n1ccc(=O)[nH]c1=S. The fourth-order valence-electron chi connectivity index (χ4n) is 1.32. The molecule has 14 heavy (non-hydrogen) atoms. The molecule has 1 rings (SSSR count). The fraction of sp³-hybridized carbons (Fsp3) is 0.556. The van der Waals surface area contributed by atoms with Gasteiger partial charge in [0.25, 0.3) is 5.56 Å². The molecule has 78 valence electrons. The number of H-pyrrole nitrogens is 1. The molecular weight excluding hydrogens is 200 g/mol. The quantitative estimate of drug-likeness (QED) is 0.771. The first kappa shape index (κ1) is 11.1. The second-order valence-corrected chi connectivity index (χ2v) is 4.11. The number of nitrogens with one attached hydrogen (secondary N) is 1. The lowest BCUT2D eigenvalue weighted by atomic mass is 10.1. The van der Waals surface area contributed by atoms with Crippen molar-refractivity contribution in [3.05, 3.63) is 27.4 Å². The highest BCUT2D eigenvalue weighted by Crippen LogP contribution is 2.14. The van der Waals surface area contributed by atoms with E-state index >= 15 is 0 Å². The standard InChI is InChI=1S/C9H14N2O2S/c1-9(2,6-13-3)11-5-4-7(12)10-8(11)14/h4-5H,6H2,1-3H3,(H,10,12,14). The molecule has 0 bridgehead atoms. The van der Waals surface area contributed by atoms with E-state index in [0.717, 1.165) is 0 Å². The van der Waals surface area contributed by atoms with Crippen LogP contribution in [0.3, 0.4) is 0 Å². The molecule has 1 aromatic rings. The third-order valence-corrected chi connectivity index (χ3v) is 2.27.